The van der Waals surface area contributed by atoms with E-state index in [9.17, 15) is 14.4 Å². The number of nitrogens with one attached hydrogen (secondary N) is 2. The molecule has 2 rings (SSSR count). The van der Waals surface area contributed by atoms with Gasteiger partial charge in [-0.15, -0.1) is 0 Å². The molecule has 0 aromatic heterocycles. The van der Waals surface area contributed by atoms with Crippen LogP contribution in [0.1, 0.15) is 56.3 Å². The second-order valence-corrected chi connectivity index (χ2v) is 7.92. The minimum absolute atomic E-state index is 0.0707. The van der Waals surface area contributed by atoms with E-state index in [-0.39, 0.29) is 23.6 Å². The summed E-state index contributed by atoms with van der Waals surface area (Å²) in [5, 5.41) is 6.01. The van der Waals surface area contributed by atoms with Crippen molar-refractivity contribution in [3.05, 3.63) is 34.9 Å². The SMILES string of the molecule is CC(C)C(NC(=O)c1ccccc1Cl)C(=O)NCCCN1CCCCCC1=O. The first-order valence-corrected chi connectivity index (χ1v) is 10.4. The molecule has 1 aromatic rings. The molecule has 6 nitrogen and oxygen atoms in total. The fourth-order valence-corrected chi connectivity index (χ4v) is 3.49. The van der Waals surface area contributed by atoms with Gasteiger partial charge in [0.15, 0.2) is 0 Å². The van der Waals surface area contributed by atoms with E-state index >= 15 is 0 Å². The molecule has 1 aliphatic heterocycles. The molecule has 0 bridgehead atoms. The third-order valence-electron chi connectivity index (χ3n) is 4.93. The third kappa shape index (κ3) is 6.51. The highest BCUT2D eigenvalue weighted by Crippen LogP contribution is 2.15. The quantitative estimate of drug-likeness (QED) is 0.650. The minimum atomic E-state index is -0.649. The van der Waals surface area contributed by atoms with Gasteiger partial charge in [-0.05, 0) is 37.3 Å². The van der Waals surface area contributed by atoms with Crippen molar-refractivity contribution in [1.29, 1.82) is 0 Å². The molecule has 154 valence electrons. The molecule has 2 N–H and O–H groups in total. The van der Waals surface area contributed by atoms with E-state index in [4.69, 9.17) is 11.6 Å². The maximum Gasteiger partial charge on any atom is 0.253 e. The van der Waals surface area contributed by atoms with Crippen molar-refractivity contribution in [3.8, 4) is 0 Å². The largest absolute Gasteiger partial charge is 0.354 e. The lowest BCUT2D eigenvalue weighted by atomic mass is 10.0. The van der Waals surface area contributed by atoms with Gasteiger partial charge in [-0.25, -0.2) is 0 Å². The van der Waals surface area contributed by atoms with Crippen molar-refractivity contribution in [1.82, 2.24) is 15.5 Å². The van der Waals surface area contributed by atoms with Crippen LogP contribution in [0.15, 0.2) is 24.3 Å². The van der Waals surface area contributed by atoms with Crippen molar-refractivity contribution >= 4 is 29.3 Å². The number of likely N-dealkylation sites (tertiary alicyclic amines) is 1. The molecule has 0 spiro atoms. The van der Waals surface area contributed by atoms with Gasteiger partial charge in [-0.1, -0.05) is 44.0 Å². The monoisotopic (exact) mass is 407 g/mol. The van der Waals surface area contributed by atoms with Gasteiger partial charge in [0, 0.05) is 26.1 Å². The number of rotatable bonds is 8. The van der Waals surface area contributed by atoms with E-state index in [0.29, 0.717) is 36.5 Å². The Labute approximate surface area is 172 Å². The van der Waals surface area contributed by atoms with Crippen LogP contribution in [0.2, 0.25) is 5.02 Å². The number of carbonyl (C=O) groups is 3. The molecule has 3 amide bonds. The van der Waals surface area contributed by atoms with Crippen LogP contribution in [0.25, 0.3) is 0 Å². The van der Waals surface area contributed by atoms with Crippen molar-refractivity contribution in [2.45, 2.75) is 52.0 Å². The van der Waals surface area contributed by atoms with E-state index in [2.05, 4.69) is 10.6 Å². The molecule has 1 heterocycles. The summed E-state index contributed by atoms with van der Waals surface area (Å²) < 4.78 is 0. The van der Waals surface area contributed by atoms with Crippen molar-refractivity contribution in [2.24, 2.45) is 5.92 Å². The van der Waals surface area contributed by atoms with Crippen LogP contribution < -0.4 is 10.6 Å². The first-order chi connectivity index (χ1) is 13.4. The van der Waals surface area contributed by atoms with Crippen LogP contribution in [0.3, 0.4) is 0 Å². The zero-order chi connectivity index (χ0) is 20.5. The average molecular weight is 408 g/mol. The van der Waals surface area contributed by atoms with Crippen LogP contribution in [-0.2, 0) is 9.59 Å². The molecule has 28 heavy (non-hydrogen) atoms. The smallest absolute Gasteiger partial charge is 0.253 e. The summed E-state index contributed by atoms with van der Waals surface area (Å²) in [6.07, 6.45) is 4.42. The Morgan fingerprint density at radius 1 is 1.18 bits per heavy atom. The summed E-state index contributed by atoms with van der Waals surface area (Å²) in [5.74, 6) is -0.457. The topological polar surface area (TPSA) is 78.5 Å². The second kappa shape index (κ2) is 11.1. The molecule has 1 aromatic carbocycles. The Morgan fingerprint density at radius 2 is 1.93 bits per heavy atom. The summed E-state index contributed by atoms with van der Waals surface area (Å²) in [6.45, 7) is 5.68. The molecule has 7 heteroatoms. The van der Waals surface area contributed by atoms with E-state index in [1.54, 1.807) is 24.3 Å². The lowest BCUT2D eigenvalue weighted by Gasteiger charge is -2.23. The molecule has 0 radical (unpaired) electrons. The van der Waals surface area contributed by atoms with Gasteiger partial charge in [0.2, 0.25) is 11.8 Å². The van der Waals surface area contributed by atoms with Crippen molar-refractivity contribution < 1.29 is 14.4 Å². The summed E-state index contributed by atoms with van der Waals surface area (Å²) in [4.78, 5) is 38.9. The fraction of sp³-hybridized carbons (Fsp3) is 0.571. The second-order valence-electron chi connectivity index (χ2n) is 7.51. The number of amides is 3. The van der Waals surface area contributed by atoms with E-state index in [0.717, 1.165) is 25.8 Å². The van der Waals surface area contributed by atoms with Gasteiger partial charge in [-0.2, -0.15) is 0 Å². The number of hydrogen-bond donors (Lipinski definition) is 2. The zero-order valence-corrected chi connectivity index (χ0v) is 17.4. The Bertz CT molecular complexity index is 693. The zero-order valence-electron chi connectivity index (χ0n) is 16.7. The van der Waals surface area contributed by atoms with Crippen LogP contribution >= 0.6 is 11.6 Å². The van der Waals surface area contributed by atoms with E-state index in [1.807, 2.05) is 18.7 Å². The maximum absolute atomic E-state index is 12.6. The van der Waals surface area contributed by atoms with Gasteiger partial charge in [0.1, 0.15) is 6.04 Å². The summed E-state index contributed by atoms with van der Waals surface area (Å²) in [5.41, 5.74) is 0.349. The van der Waals surface area contributed by atoms with Gasteiger partial charge >= 0.3 is 0 Å². The fourth-order valence-electron chi connectivity index (χ4n) is 3.27. The predicted molar refractivity (Wildman–Crippen MR) is 110 cm³/mol. The predicted octanol–water partition coefficient (Wildman–Crippen LogP) is 3.00. The lowest BCUT2D eigenvalue weighted by Crippen LogP contribution is -2.50. The average Bonchev–Trinajstić information content (AvgIpc) is 2.87. The third-order valence-corrected chi connectivity index (χ3v) is 5.26. The Morgan fingerprint density at radius 3 is 2.64 bits per heavy atom. The van der Waals surface area contributed by atoms with Crippen LogP contribution in [0.4, 0.5) is 0 Å². The standard InChI is InChI=1S/C21H30ClN3O3/c1-15(2)19(24-20(27)16-9-5-6-10-17(16)22)21(28)23-12-8-14-25-13-7-3-4-11-18(25)26/h5-6,9-10,15,19H,3-4,7-8,11-14H2,1-2H3,(H,23,28)(H,24,27). The number of hydrogen-bond acceptors (Lipinski definition) is 3. The highest BCUT2D eigenvalue weighted by molar-refractivity contribution is 6.33. The molecule has 0 saturated carbocycles. The number of nitrogens with zero attached hydrogens (tertiary/aromatic N) is 1. The molecule has 1 fully saturated rings. The first kappa shape index (κ1) is 22.2. The molecule has 1 atom stereocenters. The Kier molecular flexibility index (Phi) is 8.77. The molecule has 1 aliphatic rings. The summed E-state index contributed by atoms with van der Waals surface area (Å²) in [6, 6.07) is 6.11. The molecule has 0 aliphatic carbocycles. The van der Waals surface area contributed by atoms with Gasteiger partial charge in [0.05, 0.1) is 10.6 Å². The first-order valence-electron chi connectivity index (χ1n) is 10.0. The maximum atomic E-state index is 12.6. The molecule has 1 unspecified atom stereocenters. The minimum Gasteiger partial charge on any atom is -0.354 e. The highest BCUT2D eigenvalue weighted by atomic mass is 35.5. The number of halogens is 1. The Balaban J connectivity index is 1.83. The van der Waals surface area contributed by atoms with Gasteiger partial charge in [0.25, 0.3) is 5.91 Å². The molecule has 1 saturated heterocycles. The molecular formula is C21H30ClN3O3. The van der Waals surface area contributed by atoms with Crippen LogP contribution in [0.5, 0.6) is 0 Å². The van der Waals surface area contributed by atoms with Crippen LogP contribution in [-0.4, -0.2) is 48.3 Å². The summed E-state index contributed by atoms with van der Waals surface area (Å²) in [7, 11) is 0. The highest BCUT2D eigenvalue weighted by Gasteiger charge is 2.25. The van der Waals surface area contributed by atoms with Crippen LogP contribution in [0, 0.1) is 5.92 Å². The number of carbonyl (C=O) groups excluding carboxylic acids is 3. The van der Waals surface area contributed by atoms with E-state index in [1.165, 1.54) is 0 Å². The van der Waals surface area contributed by atoms with Crippen molar-refractivity contribution in [3.63, 3.8) is 0 Å². The van der Waals surface area contributed by atoms with Gasteiger partial charge < -0.3 is 15.5 Å². The molecular weight excluding hydrogens is 378 g/mol. The normalized spacial score (nSPS) is 15.9. The number of benzene rings is 1. The summed E-state index contributed by atoms with van der Waals surface area (Å²) >= 11 is 6.07. The van der Waals surface area contributed by atoms with E-state index < -0.39 is 6.04 Å². The lowest BCUT2D eigenvalue weighted by molar-refractivity contribution is -0.130. The Hall–Kier alpha value is -2.08. The van der Waals surface area contributed by atoms with Gasteiger partial charge in [-0.3, -0.25) is 14.4 Å². The van der Waals surface area contributed by atoms with Crippen molar-refractivity contribution in [2.75, 3.05) is 19.6 Å².